The third-order valence-electron chi connectivity index (χ3n) is 0.425. The van der Waals surface area contributed by atoms with Gasteiger partial charge in [-0.3, -0.25) is 0 Å². The Kier molecular flexibility index (Phi) is 2.61. The van der Waals surface area contributed by atoms with Crippen molar-refractivity contribution in [1.29, 1.82) is 0 Å². The van der Waals surface area contributed by atoms with E-state index in [4.69, 9.17) is 0 Å². The summed E-state index contributed by atoms with van der Waals surface area (Å²) in [5.41, 5.74) is 0. The quantitative estimate of drug-likeness (QED) is 0.473. The second-order valence-corrected chi connectivity index (χ2v) is 2.71. The fourth-order valence-electron chi connectivity index (χ4n) is 0.168. The molecule has 0 N–H and O–H groups in total. The smallest absolute Gasteiger partial charge is 0.213 e. The molecule has 0 fully saturated rings. The van der Waals surface area contributed by atoms with E-state index in [1.165, 1.54) is 0 Å². The number of hydrogen-bond donors (Lipinski definition) is 0. The predicted molar refractivity (Wildman–Crippen MR) is 29.4 cm³/mol. The molecule has 9 heavy (non-hydrogen) atoms. The van der Waals surface area contributed by atoms with Gasteiger partial charge < -0.3 is 0 Å². The monoisotopic (exact) mass is 146 g/mol. The maximum absolute atomic E-state index is 10.2. The zero-order valence-electron chi connectivity index (χ0n) is 4.20. The van der Waals surface area contributed by atoms with Crippen LogP contribution < -0.4 is 0 Å². The van der Waals surface area contributed by atoms with E-state index in [0.717, 1.165) is 11.9 Å². The van der Waals surface area contributed by atoms with Gasteiger partial charge >= 0.3 is 0 Å². The van der Waals surface area contributed by atoms with Gasteiger partial charge in [-0.1, -0.05) is 0 Å². The molecule has 5 heteroatoms. The minimum absolute atomic E-state index is 0.248. The summed E-state index contributed by atoms with van der Waals surface area (Å²) in [5.74, 6) is 2.04. The summed E-state index contributed by atoms with van der Waals surface area (Å²) in [4.78, 5) is 18.8. The largest absolute Gasteiger partial charge is 0.233 e. The first-order valence-corrected chi connectivity index (χ1v) is 3.40. The van der Waals surface area contributed by atoms with Crippen LogP contribution in [0.15, 0.2) is 10.8 Å². The number of hydrogen-bond acceptors (Lipinski definition) is 4. The fraction of sp³-hybridized carbons (Fsp3) is 0. The summed E-state index contributed by atoms with van der Waals surface area (Å²) >= 11 is 0. The van der Waals surface area contributed by atoms with Gasteiger partial charge in [-0.15, -0.1) is 0 Å². The Hall–Kier alpha value is -1.15. The number of sulfone groups is 1. The summed E-state index contributed by atoms with van der Waals surface area (Å²) in [6.07, 6.45) is 0. The Morgan fingerprint density at radius 1 is 1.00 bits per heavy atom. The molecule has 48 valence electrons. The van der Waals surface area contributed by atoms with Gasteiger partial charge in [0.1, 0.15) is 22.7 Å². The van der Waals surface area contributed by atoms with Gasteiger partial charge in [-0.05, 0) is 0 Å². The summed E-state index contributed by atoms with van der Waals surface area (Å²) in [5, 5.41) is 0.496. The van der Waals surface area contributed by atoms with E-state index < -0.39 is 9.84 Å². The van der Waals surface area contributed by atoms with Crippen molar-refractivity contribution in [3.8, 4) is 0 Å². The van der Waals surface area contributed by atoms with Crippen molar-refractivity contribution >= 4 is 21.7 Å². The molecule has 0 heterocycles. The van der Waals surface area contributed by atoms with E-state index in [1.54, 1.807) is 0 Å². The van der Waals surface area contributed by atoms with E-state index in [2.05, 4.69) is 0 Å². The second kappa shape index (κ2) is 2.99. The predicted octanol–water partition coefficient (Wildman–Crippen LogP) is -0.908. The lowest BCUT2D eigenvalue weighted by Crippen LogP contribution is -1.87. The normalized spacial score (nSPS) is 8.89. The third kappa shape index (κ3) is 3.43. The summed E-state index contributed by atoms with van der Waals surface area (Å²) in [7, 11) is -3.78. The van der Waals surface area contributed by atoms with Crippen LogP contribution in [-0.2, 0) is 19.4 Å². The van der Waals surface area contributed by atoms with Gasteiger partial charge in [0.05, 0.1) is 0 Å². The molecule has 0 aromatic carbocycles. The molecule has 0 unspecified atom stereocenters. The molecule has 0 bridgehead atoms. The van der Waals surface area contributed by atoms with Crippen molar-refractivity contribution in [1.82, 2.24) is 0 Å². The van der Waals surface area contributed by atoms with Crippen LogP contribution >= 0.6 is 0 Å². The molecule has 0 rings (SSSR count). The van der Waals surface area contributed by atoms with Gasteiger partial charge in [0.15, 0.2) is 0 Å². The molecule has 0 aliphatic rings. The van der Waals surface area contributed by atoms with Crippen LogP contribution in [0.2, 0.25) is 0 Å². The molecule has 0 aliphatic heterocycles. The highest BCUT2D eigenvalue weighted by molar-refractivity contribution is 7.97. The Balaban J connectivity index is 4.84. The van der Waals surface area contributed by atoms with Crippen LogP contribution in [0.3, 0.4) is 0 Å². The Bertz CT molecular complexity index is 250. The van der Waals surface area contributed by atoms with Gasteiger partial charge in [0, 0.05) is 0 Å². The lowest BCUT2D eigenvalue weighted by atomic mass is 11.2. The summed E-state index contributed by atoms with van der Waals surface area (Å²) in [6.45, 7) is 0. The first-order valence-electron chi connectivity index (χ1n) is 1.79. The van der Waals surface area contributed by atoms with Crippen LogP contribution in [0.4, 0.5) is 0 Å². The highest BCUT2D eigenvalue weighted by atomic mass is 32.2. The lowest BCUT2D eigenvalue weighted by Gasteiger charge is -1.74. The van der Waals surface area contributed by atoms with E-state index >= 15 is 0 Å². The summed E-state index contributed by atoms with van der Waals surface area (Å²) < 4.78 is 20.4. The maximum atomic E-state index is 10.2. The molecule has 0 spiro atoms. The van der Waals surface area contributed by atoms with Crippen molar-refractivity contribution in [2.75, 3.05) is 0 Å². The molecule has 0 amide bonds. The molecule has 0 saturated carbocycles. The van der Waals surface area contributed by atoms with E-state index in [0.29, 0.717) is 0 Å². The first kappa shape index (κ1) is 7.85. The number of rotatable bonds is 2. The Labute approximate surface area is 51.4 Å². The maximum Gasteiger partial charge on any atom is 0.213 e. The zero-order valence-corrected chi connectivity index (χ0v) is 5.01. The van der Waals surface area contributed by atoms with Crippen LogP contribution in [0.25, 0.3) is 0 Å². The zero-order chi connectivity index (χ0) is 7.33. The average molecular weight is 146 g/mol. The van der Waals surface area contributed by atoms with Gasteiger partial charge in [-0.25, -0.2) is 18.0 Å². The van der Waals surface area contributed by atoms with Crippen molar-refractivity contribution < 1.29 is 18.0 Å². The van der Waals surface area contributed by atoms with Crippen LogP contribution in [-0.4, -0.2) is 20.3 Å². The van der Waals surface area contributed by atoms with Gasteiger partial charge in [0.25, 0.3) is 0 Å². The molecule has 0 atom stereocenters. The highest BCUT2D eigenvalue weighted by Crippen LogP contribution is 1.86. The second-order valence-electron chi connectivity index (χ2n) is 1.06. The summed E-state index contributed by atoms with van der Waals surface area (Å²) in [6, 6.07) is 0. The van der Waals surface area contributed by atoms with Crippen LogP contribution in [0.5, 0.6) is 0 Å². The molecular weight excluding hydrogens is 144 g/mol. The molecule has 0 aliphatic carbocycles. The Morgan fingerprint density at radius 2 is 1.33 bits per heavy atom. The Morgan fingerprint density at radius 3 is 1.56 bits per heavy atom. The molecule has 4 nitrogen and oxygen atoms in total. The molecule has 0 saturated heterocycles. The SMILES string of the molecule is O=C=CS(=O)(=O)C=C=O. The van der Waals surface area contributed by atoms with Crippen molar-refractivity contribution in [2.24, 2.45) is 0 Å². The molecular formula is C4H2O4S. The van der Waals surface area contributed by atoms with Crippen LogP contribution in [0.1, 0.15) is 0 Å². The minimum Gasteiger partial charge on any atom is -0.233 e. The van der Waals surface area contributed by atoms with Crippen LogP contribution in [0, 0.1) is 0 Å². The van der Waals surface area contributed by atoms with Crippen molar-refractivity contribution in [3.63, 3.8) is 0 Å². The molecule has 0 radical (unpaired) electrons. The molecule has 0 aromatic heterocycles. The van der Waals surface area contributed by atoms with Crippen molar-refractivity contribution in [2.45, 2.75) is 0 Å². The third-order valence-corrected chi connectivity index (χ3v) is 1.27. The average Bonchev–Trinajstić information content (AvgIpc) is 1.64. The minimum atomic E-state index is -3.78. The highest BCUT2D eigenvalue weighted by Gasteiger charge is 1.97. The standard InChI is InChI=1S/C4H2O4S/c5-1-3-9(7,8)4-2-6/h3-4H. The van der Waals surface area contributed by atoms with Gasteiger partial charge in [-0.2, -0.15) is 0 Å². The van der Waals surface area contributed by atoms with E-state index in [-0.39, 0.29) is 10.8 Å². The lowest BCUT2D eigenvalue weighted by molar-refractivity contribution is 0.568. The first-order chi connectivity index (χ1) is 4.12. The molecule has 0 aromatic rings. The topological polar surface area (TPSA) is 68.3 Å². The number of carbonyl (C=O) groups excluding carboxylic acids is 2. The fourth-order valence-corrected chi connectivity index (χ4v) is 0.504. The van der Waals surface area contributed by atoms with E-state index in [1.807, 2.05) is 0 Å². The van der Waals surface area contributed by atoms with E-state index in [9.17, 15) is 18.0 Å². The van der Waals surface area contributed by atoms with Crippen molar-refractivity contribution in [3.05, 3.63) is 10.8 Å². The van der Waals surface area contributed by atoms with Gasteiger partial charge in [0.2, 0.25) is 9.84 Å².